The quantitative estimate of drug-likeness (QED) is 0.0284. The molecule has 0 aliphatic rings. The van der Waals surface area contributed by atoms with Crippen LogP contribution < -0.4 is 0 Å². The standard InChI is InChI=1S/C44H74O6/c1-4-7-10-13-16-19-20-21-22-23-26-28-31-34-37-43(46)49-40-41(50-44(47)38-35-32-29-25-18-15-12-9-6-3)39-48-42(45)36-33-30-27-24-17-14-11-8-5-2/h7,9-10,12,16,18-19,24-25,27,41H,4-6,8,11,13-15,17,20-23,26,28-40H2,1-3H3/b10-7-,12-9-,19-16-,25-18-,27-24-. The molecular formula is C44H74O6. The Balaban J connectivity index is 4.41. The highest BCUT2D eigenvalue weighted by molar-refractivity contribution is 5.71. The van der Waals surface area contributed by atoms with E-state index in [0.29, 0.717) is 25.7 Å². The summed E-state index contributed by atoms with van der Waals surface area (Å²) in [6, 6.07) is 0. The number of esters is 3. The van der Waals surface area contributed by atoms with Crippen LogP contribution in [0.5, 0.6) is 0 Å². The molecule has 0 aliphatic carbocycles. The topological polar surface area (TPSA) is 78.9 Å². The summed E-state index contributed by atoms with van der Waals surface area (Å²) in [5.74, 6) is -0.994. The molecule has 0 aromatic carbocycles. The van der Waals surface area contributed by atoms with Crippen molar-refractivity contribution in [3.05, 3.63) is 60.8 Å². The summed E-state index contributed by atoms with van der Waals surface area (Å²) in [4.78, 5) is 37.4. The van der Waals surface area contributed by atoms with Crippen molar-refractivity contribution in [2.75, 3.05) is 13.2 Å². The van der Waals surface area contributed by atoms with Gasteiger partial charge in [0.2, 0.25) is 0 Å². The Morgan fingerprint density at radius 1 is 0.420 bits per heavy atom. The number of rotatable bonds is 35. The van der Waals surface area contributed by atoms with Gasteiger partial charge >= 0.3 is 17.9 Å². The molecule has 6 heteroatoms. The van der Waals surface area contributed by atoms with Gasteiger partial charge in [-0.2, -0.15) is 0 Å². The van der Waals surface area contributed by atoms with Crippen LogP contribution in [0.25, 0.3) is 0 Å². The van der Waals surface area contributed by atoms with Crippen molar-refractivity contribution < 1.29 is 28.6 Å². The van der Waals surface area contributed by atoms with E-state index in [0.717, 1.165) is 77.0 Å². The van der Waals surface area contributed by atoms with Gasteiger partial charge in [-0.1, -0.05) is 133 Å². The Hall–Kier alpha value is -2.89. The second-order valence-corrected chi connectivity index (χ2v) is 13.1. The maximum Gasteiger partial charge on any atom is 0.306 e. The molecule has 0 N–H and O–H groups in total. The highest BCUT2D eigenvalue weighted by Crippen LogP contribution is 2.12. The van der Waals surface area contributed by atoms with Crippen LogP contribution in [0, 0.1) is 0 Å². The molecule has 0 aliphatic heterocycles. The number of carbonyl (C=O) groups excluding carboxylic acids is 3. The van der Waals surface area contributed by atoms with Crippen molar-refractivity contribution in [1.29, 1.82) is 0 Å². The molecule has 0 bridgehead atoms. The lowest BCUT2D eigenvalue weighted by molar-refractivity contribution is -0.167. The molecule has 0 spiro atoms. The molecule has 1 atom stereocenters. The summed E-state index contributed by atoms with van der Waals surface area (Å²) in [5.41, 5.74) is 0. The van der Waals surface area contributed by atoms with Crippen LogP contribution in [0.4, 0.5) is 0 Å². The van der Waals surface area contributed by atoms with Crippen molar-refractivity contribution in [2.45, 2.75) is 187 Å². The number of carbonyl (C=O) groups is 3. The molecule has 0 radical (unpaired) electrons. The Morgan fingerprint density at radius 3 is 1.34 bits per heavy atom. The van der Waals surface area contributed by atoms with Gasteiger partial charge in [-0.3, -0.25) is 14.4 Å². The van der Waals surface area contributed by atoms with Crippen molar-refractivity contribution in [1.82, 2.24) is 0 Å². The molecule has 0 heterocycles. The Bertz CT molecular complexity index is 944. The lowest BCUT2D eigenvalue weighted by atomic mass is 10.1. The molecular weight excluding hydrogens is 624 g/mol. The summed E-state index contributed by atoms with van der Waals surface area (Å²) in [5, 5.41) is 0. The van der Waals surface area contributed by atoms with E-state index in [-0.39, 0.29) is 37.5 Å². The zero-order chi connectivity index (χ0) is 36.6. The second kappa shape index (κ2) is 38.9. The van der Waals surface area contributed by atoms with Crippen molar-refractivity contribution >= 4 is 17.9 Å². The fourth-order valence-electron chi connectivity index (χ4n) is 5.22. The number of ether oxygens (including phenoxy) is 3. The van der Waals surface area contributed by atoms with E-state index in [2.05, 4.69) is 81.5 Å². The fourth-order valence-corrected chi connectivity index (χ4v) is 5.22. The van der Waals surface area contributed by atoms with Crippen LogP contribution in [0.15, 0.2) is 60.8 Å². The molecule has 50 heavy (non-hydrogen) atoms. The smallest absolute Gasteiger partial charge is 0.306 e. The molecule has 0 amide bonds. The molecule has 0 saturated heterocycles. The summed E-state index contributed by atoms with van der Waals surface area (Å²) in [6.07, 6.45) is 45.1. The fraction of sp³-hybridized carbons (Fsp3) is 0.705. The lowest BCUT2D eigenvalue weighted by Gasteiger charge is -2.18. The molecule has 286 valence electrons. The van der Waals surface area contributed by atoms with Gasteiger partial charge in [0.25, 0.3) is 0 Å². The SMILES string of the molecule is CC/C=C\C/C=C\CCCCCCCCCC(=O)OCC(COC(=O)CCC/C=C\CCCCCC)OC(=O)CCCC/C=C\C/C=C\CC. The van der Waals surface area contributed by atoms with E-state index < -0.39 is 6.10 Å². The molecule has 0 aromatic rings. The molecule has 0 fully saturated rings. The first-order valence-electron chi connectivity index (χ1n) is 20.3. The van der Waals surface area contributed by atoms with Gasteiger partial charge in [0.05, 0.1) is 0 Å². The Morgan fingerprint density at radius 2 is 0.800 bits per heavy atom. The van der Waals surface area contributed by atoms with Gasteiger partial charge in [0.1, 0.15) is 13.2 Å². The third kappa shape index (κ3) is 36.4. The minimum Gasteiger partial charge on any atom is -0.462 e. The second-order valence-electron chi connectivity index (χ2n) is 13.1. The maximum atomic E-state index is 12.6. The first-order chi connectivity index (χ1) is 24.5. The number of unbranched alkanes of at least 4 members (excludes halogenated alkanes) is 14. The minimum atomic E-state index is -0.800. The van der Waals surface area contributed by atoms with E-state index in [4.69, 9.17) is 14.2 Å². The number of hydrogen-bond donors (Lipinski definition) is 0. The van der Waals surface area contributed by atoms with Crippen LogP contribution >= 0.6 is 0 Å². The largest absolute Gasteiger partial charge is 0.462 e. The molecule has 0 aromatic heterocycles. The van der Waals surface area contributed by atoms with Crippen molar-refractivity contribution in [2.24, 2.45) is 0 Å². The highest BCUT2D eigenvalue weighted by Gasteiger charge is 2.19. The minimum absolute atomic E-state index is 0.101. The van der Waals surface area contributed by atoms with Gasteiger partial charge in [0.15, 0.2) is 6.10 Å². The van der Waals surface area contributed by atoms with Gasteiger partial charge < -0.3 is 14.2 Å². The normalized spacial score (nSPS) is 12.6. The average molecular weight is 699 g/mol. The van der Waals surface area contributed by atoms with Gasteiger partial charge in [0, 0.05) is 19.3 Å². The van der Waals surface area contributed by atoms with Crippen LogP contribution in [0.3, 0.4) is 0 Å². The molecule has 0 saturated carbocycles. The predicted molar refractivity (Wildman–Crippen MR) is 210 cm³/mol. The summed E-state index contributed by atoms with van der Waals surface area (Å²) >= 11 is 0. The molecule has 0 rings (SSSR count). The number of allylic oxidation sites excluding steroid dienone is 10. The van der Waals surface area contributed by atoms with Crippen LogP contribution in [-0.4, -0.2) is 37.2 Å². The van der Waals surface area contributed by atoms with Gasteiger partial charge in [-0.15, -0.1) is 0 Å². The first kappa shape index (κ1) is 47.1. The first-order valence-corrected chi connectivity index (χ1v) is 20.3. The molecule has 6 nitrogen and oxygen atoms in total. The van der Waals surface area contributed by atoms with E-state index in [1.165, 1.54) is 51.4 Å². The predicted octanol–water partition coefficient (Wildman–Crippen LogP) is 12.6. The summed E-state index contributed by atoms with van der Waals surface area (Å²) in [6.45, 7) is 6.27. The van der Waals surface area contributed by atoms with E-state index in [1.54, 1.807) is 0 Å². The average Bonchev–Trinajstić information content (AvgIpc) is 3.11. The maximum absolute atomic E-state index is 12.6. The third-order valence-corrected chi connectivity index (χ3v) is 8.24. The Kier molecular flexibility index (Phi) is 36.7. The third-order valence-electron chi connectivity index (χ3n) is 8.24. The monoisotopic (exact) mass is 699 g/mol. The Labute approximate surface area is 307 Å². The van der Waals surface area contributed by atoms with E-state index in [1.807, 2.05) is 0 Å². The van der Waals surface area contributed by atoms with Crippen LogP contribution in [0.2, 0.25) is 0 Å². The zero-order valence-electron chi connectivity index (χ0n) is 32.4. The highest BCUT2D eigenvalue weighted by atomic mass is 16.6. The van der Waals surface area contributed by atoms with Crippen LogP contribution in [0.1, 0.15) is 181 Å². The van der Waals surface area contributed by atoms with E-state index in [9.17, 15) is 14.4 Å². The van der Waals surface area contributed by atoms with Crippen molar-refractivity contribution in [3.8, 4) is 0 Å². The van der Waals surface area contributed by atoms with Gasteiger partial charge in [-0.25, -0.2) is 0 Å². The zero-order valence-corrected chi connectivity index (χ0v) is 32.4. The molecule has 1 unspecified atom stereocenters. The number of hydrogen-bond acceptors (Lipinski definition) is 6. The van der Waals surface area contributed by atoms with E-state index >= 15 is 0 Å². The summed E-state index contributed by atoms with van der Waals surface area (Å²) in [7, 11) is 0. The summed E-state index contributed by atoms with van der Waals surface area (Å²) < 4.78 is 16.5. The van der Waals surface area contributed by atoms with Crippen LogP contribution in [-0.2, 0) is 28.6 Å². The van der Waals surface area contributed by atoms with Crippen molar-refractivity contribution in [3.63, 3.8) is 0 Å². The van der Waals surface area contributed by atoms with Gasteiger partial charge in [-0.05, 0) is 89.9 Å². The lowest BCUT2D eigenvalue weighted by Crippen LogP contribution is -2.30.